The van der Waals surface area contributed by atoms with E-state index in [1.54, 1.807) is 6.08 Å². The van der Waals surface area contributed by atoms with E-state index in [-0.39, 0.29) is 21.7 Å². The predicted octanol–water partition coefficient (Wildman–Crippen LogP) is 4.21. The molecule has 0 atom stereocenters. The molecule has 0 heterocycles. The van der Waals surface area contributed by atoms with Crippen molar-refractivity contribution >= 4 is 0 Å². The van der Waals surface area contributed by atoms with Crippen molar-refractivity contribution in [2.24, 2.45) is 0 Å². The zero-order chi connectivity index (χ0) is 9.54. The molecule has 0 spiro atoms. The van der Waals surface area contributed by atoms with E-state index in [0.29, 0.717) is 0 Å². The minimum atomic E-state index is 0. The summed E-state index contributed by atoms with van der Waals surface area (Å²) < 4.78 is 0. The van der Waals surface area contributed by atoms with Gasteiger partial charge >= 0.3 is 21.7 Å². The smallest absolute Gasteiger partial charge is 0.335 e. The molecule has 70 valence electrons. The van der Waals surface area contributed by atoms with Crippen LogP contribution in [0, 0.1) is 12.8 Å². The summed E-state index contributed by atoms with van der Waals surface area (Å²) in [5, 5.41) is 0. The normalized spacial score (nSPS) is 6.75. The molecule has 0 fully saturated rings. The molecule has 0 amide bonds. The molecule has 0 aromatic heterocycles. The first-order chi connectivity index (χ1) is 5.24. The van der Waals surface area contributed by atoms with Gasteiger partial charge < -0.3 is 12.8 Å². The van der Waals surface area contributed by atoms with E-state index in [1.165, 1.54) is 0 Å². The summed E-state index contributed by atoms with van der Waals surface area (Å²) in [5.41, 5.74) is 0. The maximum Gasteiger partial charge on any atom is 2.00 e. The van der Waals surface area contributed by atoms with Crippen LogP contribution in [0.4, 0.5) is 0 Å². The van der Waals surface area contributed by atoms with Crippen molar-refractivity contribution in [3.8, 4) is 0 Å². The van der Waals surface area contributed by atoms with E-state index < -0.39 is 0 Å². The van der Waals surface area contributed by atoms with Crippen LogP contribution in [-0.2, 0) is 21.7 Å². The van der Waals surface area contributed by atoms with Crippen LogP contribution in [0.2, 0.25) is 0 Å². The van der Waals surface area contributed by atoms with E-state index in [9.17, 15) is 0 Å². The second-order valence-corrected chi connectivity index (χ2v) is 1.92. The summed E-state index contributed by atoms with van der Waals surface area (Å²) >= 11 is 0. The van der Waals surface area contributed by atoms with E-state index in [2.05, 4.69) is 6.58 Å². The second-order valence-electron chi connectivity index (χ2n) is 1.92. The van der Waals surface area contributed by atoms with Crippen LogP contribution >= 0.6 is 0 Å². The Kier molecular flexibility index (Phi) is 81.8. The maximum absolute atomic E-state index is 3.46. The molecular weight excluding hydrogens is 180 g/mol. The Labute approximate surface area is 94.0 Å². The molecule has 0 bridgehead atoms. The van der Waals surface area contributed by atoms with Crippen molar-refractivity contribution in [1.82, 2.24) is 0 Å². The van der Waals surface area contributed by atoms with Crippen molar-refractivity contribution in [2.45, 2.75) is 34.6 Å². The van der Waals surface area contributed by atoms with Crippen molar-refractivity contribution in [2.75, 3.05) is 0 Å². The van der Waals surface area contributed by atoms with Gasteiger partial charge in [-0.1, -0.05) is 24.8 Å². The van der Waals surface area contributed by atoms with Gasteiger partial charge in [-0.05, 0) is 6.92 Å². The van der Waals surface area contributed by atoms with Crippen LogP contribution in [0.3, 0.4) is 0 Å². The van der Waals surface area contributed by atoms with Crippen molar-refractivity contribution < 1.29 is 21.7 Å². The third-order valence-corrected chi connectivity index (χ3v) is 0.329. The summed E-state index contributed by atoms with van der Waals surface area (Å²) in [5.74, 6) is 0. The Morgan fingerprint density at radius 2 is 1.25 bits per heavy atom. The molecule has 0 aliphatic rings. The van der Waals surface area contributed by atoms with Gasteiger partial charge in [0.05, 0.1) is 0 Å². The van der Waals surface area contributed by atoms with Crippen LogP contribution in [0.1, 0.15) is 34.6 Å². The van der Waals surface area contributed by atoms with Crippen LogP contribution < -0.4 is 0 Å². The van der Waals surface area contributed by atoms with Crippen LogP contribution in [0.5, 0.6) is 0 Å². The molecule has 0 aromatic rings. The van der Waals surface area contributed by atoms with E-state index in [1.807, 2.05) is 59.6 Å². The SMILES string of the molecule is C=CC=CC.C[CH-]C.C[CH-]C.[Ti+2]. The first-order valence-corrected chi connectivity index (χ1v) is 3.96. The summed E-state index contributed by atoms with van der Waals surface area (Å²) in [7, 11) is 0. The Hall–Kier alpha value is 0.194. The van der Waals surface area contributed by atoms with Gasteiger partial charge in [0.2, 0.25) is 0 Å². The number of allylic oxidation sites excluding steroid dienone is 3. The Morgan fingerprint density at radius 1 is 1.00 bits per heavy atom. The van der Waals surface area contributed by atoms with E-state index >= 15 is 0 Å². The number of hydrogen-bond acceptors (Lipinski definition) is 0. The first-order valence-electron chi connectivity index (χ1n) is 3.96. The average Bonchev–Trinajstić information content (AvgIpc) is 1.92. The second kappa shape index (κ2) is 43.1. The molecule has 0 nitrogen and oxygen atoms in total. The van der Waals surface area contributed by atoms with Crippen molar-refractivity contribution in [1.29, 1.82) is 0 Å². The van der Waals surface area contributed by atoms with Crippen LogP contribution in [-0.4, -0.2) is 0 Å². The third kappa shape index (κ3) is 179. The van der Waals surface area contributed by atoms with Gasteiger partial charge in [-0.2, -0.15) is 27.7 Å². The monoisotopic (exact) mass is 202 g/mol. The predicted molar refractivity (Wildman–Crippen MR) is 56.3 cm³/mol. The molecule has 0 radical (unpaired) electrons. The molecule has 0 aliphatic carbocycles. The van der Waals surface area contributed by atoms with Gasteiger partial charge in [0.25, 0.3) is 0 Å². The molecule has 12 heavy (non-hydrogen) atoms. The number of hydrogen-bond donors (Lipinski definition) is 0. The Balaban J connectivity index is -0.0000000406. The molecule has 0 unspecified atom stereocenters. The average molecular weight is 202 g/mol. The maximum atomic E-state index is 3.46. The quantitative estimate of drug-likeness (QED) is 0.339. The fourth-order valence-corrected chi connectivity index (χ4v) is 0.136. The molecule has 0 rings (SSSR count). The standard InChI is InChI=1S/C5H8.2C3H7.Ti/c1-3-5-4-2;2*1-3-2;/h3-5H,1H2,2H3;2*3H,1-2H3;/q;2*-1;+2. The molecule has 0 aliphatic heterocycles. The molecule has 1 heteroatoms. The third-order valence-electron chi connectivity index (χ3n) is 0.329. The number of rotatable bonds is 1. The van der Waals surface area contributed by atoms with Gasteiger partial charge in [-0.25, -0.2) is 0 Å². The fraction of sp³-hybridized carbons (Fsp3) is 0.455. The van der Waals surface area contributed by atoms with Gasteiger partial charge in [0, 0.05) is 0 Å². The van der Waals surface area contributed by atoms with Gasteiger partial charge in [-0.3, -0.25) is 0 Å². The van der Waals surface area contributed by atoms with E-state index in [4.69, 9.17) is 0 Å². The molecule has 0 aromatic carbocycles. The fourth-order valence-electron chi connectivity index (χ4n) is 0.136. The van der Waals surface area contributed by atoms with Crippen molar-refractivity contribution in [3.63, 3.8) is 0 Å². The topological polar surface area (TPSA) is 0 Å². The van der Waals surface area contributed by atoms with Gasteiger partial charge in [0.15, 0.2) is 0 Å². The van der Waals surface area contributed by atoms with Gasteiger partial charge in [-0.15, -0.1) is 0 Å². The Morgan fingerprint density at radius 3 is 1.25 bits per heavy atom. The minimum absolute atomic E-state index is 0. The summed E-state index contributed by atoms with van der Waals surface area (Å²) in [6, 6.07) is 0. The summed E-state index contributed by atoms with van der Waals surface area (Å²) in [6.45, 7) is 13.4. The van der Waals surface area contributed by atoms with E-state index in [0.717, 1.165) is 0 Å². The molecule has 0 saturated carbocycles. The molecular formula is C11H22Ti. The van der Waals surface area contributed by atoms with Crippen molar-refractivity contribution in [3.05, 3.63) is 37.6 Å². The van der Waals surface area contributed by atoms with Crippen LogP contribution in [0.25, 0.3) is 0 Å². The zero-order valence-corrected chi connectivity index (χ0v) is 10.7. The van der Waals surface area contributed by atoms with Gasteiger partial charge in [0.1, 0.15) is 0 Å². The summed E-state index contributed by atoms with van der Waals surface area (Å²) in [6.07, 6.45) is 9.58. The summed E-state index contributed by atoms with van der Waals surface area (Å²) in [4.78, 5) is 0. The Bertz CT molecular complexity index is 63.4. The largest absolute Gasteiger partial charge is 2.00 e. The zero-order valence-electron chi connectivity index (χ0n) is 9.09. The molecule has 0 saturated heterocycles. The van der Waals surface area contributed by atoms with Crippen LogP contribution in [0.15, 0.2) is 24.8 Å². The molecule has 0 N–H and O–H groups in total. The first kappa shape index (κ1) is 22.8. The minimum Gasteiger partial charge on any atom is -0.335 e.